The number of sulfonamides is 1. The molecule has 128 valence electrons. The Balaban J connectivity index is 1.95. The minimum atomic E-state index is -3.90. The predicted molar refractivity (Wildman–Crippen MR) is 89.5 cm³/mol. The Morgan fingerprint density at radius 3 is 2.29 bits per heavy atom. The van der Waals surface area contributed by atoms with Crippen LogP contribution >= 0.6 is 11.6 Å². The number of benzene rings is 2. The van der Waals surface area contributed by atoms with Gasteiger partial charge in [-0.1, -0.05) is 23.7 Å². The molecule has 2 aromatic rings. The van der Waals surface area contributed by atoms with Gasteiger partial charge in [0.1, 0.15) is 5.82 Å². The van der Waals surface area contributed by atoms with E-state index in [0.717, 1.165) is 29.8 Å². The maximum absolute atomic E-state index is 12.9. The smallest absolute Gasteiger partial charge is 0.241 e. The highest BCUT2D eigenvalue weighted by atomic mass is 35.5. The van der Waals surface area contributed by atoms with Gasteiger partial charge in [0.15, 0.2) is 0 Å². The predicted octanol–water partition coefficient (Wildman–Crippen LogP) is 2.46. The molecule has 5 nitrogen and oxygen atoms in total. The Hall–Kier alpha value is -1.96. The lowest BCUT2D eigenvalue weighted by Crippen LogP contribution is -2.44. The molecule has 0 radical (unpaired) electrons. The Morgan fingerprint density at radius 1 is 1.12 bits per heavy atom. The van der Waals surface area contributed by atoms with Crippen molar-refractivity contribution in [2.24, 2.45) is 0 Å². The molecule has 1 amide bonds. The third-order valence-corrected chi connectivity index (χ3v) is 5.04. The van der Waals surface area contributed by atoms with Crippen molar-refractivity contribution in [1.82, 2.24) is 10.0 Å². The van der Waals surface area contributed by atoms with Gasteiger partial charge in [0.05, 0.1) is 10.9 Å². The summed E-state index contributed by atoms with van der Waals surface area (Å²) >= 11 is 5.78. The summed E-state index contributed by atoms with van der Waals surface area (Å²) in [6.45, 7) is 1.68. The number of halogens is 2. The highest BCUT2D eigenvalue weighted by Crippen LogP contribution is 2.11. The van der Waals surface area contributed by atoms with Gasteiger partial charge in [0, 0.05) is 11.6 Å². The van der Waals surface area contributed by atoms with Gasteiger partial charge < -0.3 is 5.32 Å². The van der Waals surface area contributed by atoms with E-state index >= 15 is 0 Å². The summed E-state index contributed by atoms with van der Waals surface area (Å²) in [5, 5.41) is 3.22. The zero-order valence-electron chi connectivity index (χ0n) is 12.8. The molecule has 0 aliphatic rings. The Morgan fingerprint density at radius 2 is 1.71 bits per heavy atom. The van der Waals surface area contributed by atoms with Crippen molar-refractivity contribution in [2.45, 2.75) is 24.4 Å². The number of nitrogens with one attached hydrogen (secondary N) is 2. The first-order valence-corrected chi connectivity index (χ1v) is 8.94. The molecular weight excluding hydrogens is 355 g/mol. The molecule has 0 fully saturated rings. The molecule has 1 unspecified atom stereocenters. The Kier molecular flexibility index (Phi) is 5.93. The van der Waals surface area contributed by atoms with Crippen LogP contribution in [0.15, 0.2) is 53.4 Å². The molecular formula is C16H16ClFN2O3S. The average molecular weight is 371 g/mol. The number of hydrogen-bond donors (Lipinski definition) is 2. The first-order valence-electron chi connectivity index (χ1n) is 7.08. The normalized spacial score (nSPS) is 12.6. The second-order valence-electron chi connectivity index (χ2n) is 5.14. The van der Waals surface area contributed by atoms with E-state index in [4.69, 9.17) is 11.6 Å². The molecule has 2 aromatic carbocycles. The molecule has 24 heavy (non-hydrogen) atoms. The lowest BCUT2D eigenvalue weighted by molar-refractivity contribution is -0.122. The van der Waals surface area contributed by atoms with Gasteiger partial charge in [0.2, 0.25) is 15.9 Å². The largest absolute Gasteiger partial charge is 0.351 e. The summed E-state index contributed by atoms with van der Waals surface area (Å²) in [6, 6.07) is 10.3. The van der Waals surface area contributed by atoms with Crippen molar-refractivity contribution >= 4 is 27.5 Å². The van der Waals surface area contributed by atoms with Gasteiger partial charge in [0.25, 0.3) is 0 Å². The molecule has 0 heterocycles. The zero-order chi connectivity index (χ0) is 17.7. The molecule has 1 atom stereocenters. The maximum atomic E-state index is 12.9. The third kappa shape index (κ3) is 5.02. The summed E-state index contributed by atoms with van der Waals surface area (Å²) in [5.74, 6) is -1.02. The number of hydrogen-bond acceptors (Lipinski definition) is 3. The van der Waals surface area contributed by atoms with E-state index in [9.17, 15) is 17.6 Å². The summed E-state index contributed by atoms with van der Waals surface area (Å²) in [5.41, 5.74) is 0.835. The van der Waals surface area contributed by atoms with Gasteiger partial charge in [-0.05, 0) is 48.9 Å². The number of rotatable bonds is 6. The molecule has 0 bridgehead atoms. The summed E-state index contributed by atoms with van der Waals surface area (Å²) in [4.78, 5) is 11.9. The van der Waals surface area contributed by atoms with E-state index < -0.39 is 27.8 Å². The fourth-order valence-corrected chi connectivity index (χ4v) is 3.24. The van der Waals surface area contributed by atoms with Crippen LogP contribution in [0.25, 0.3) is 0 Å². The van der Waals surface area contributed by atoms with Crippen LogP contribution in [0.5, 0.6) is 0 Å². The van der Waals surface area contributed by atoms with E-state index in [1.807, 2.05) is 0 Å². The van der Waals surface area contributed by atoms with E-state index in [2.05, 4.69) is 10.0 Å². The van der Waals surface area contributed by atoms with Gasteiger partial charge in [-0.2, -0.15) is 4.72 Å². The van der Waals surface area contributed by atoms with Crippen molar-refractivity contribution in [3.8, 4) is 0 Å². The van der Waals surface area contributed by atoms with E-state index in [0.29, 0.717) is 5.02 Å². The lowest BCUT2D eigenvalue weighted by atomic mass is 10.2. The molecule has 2 N–H and O–H groups in total. The van der Waals surface area contributed by atoms with Gasteiger partial charge in [-0.15, -0.1) is 0 Å². The van der Waals surface area contributed by atoms with Crippen molar-refractivity contribution in [1.29, 1.82) is 0 Å². The van der Waals surface area contributed by atoms with Crippen LogP contribution in [0.4, 0.5) is 4.39 Å². The average Bonchev–Trinajstić information content (AvgIpc) is 2.54. The summed E-state index contributed by atoms with van der Waals surface area (Å²) < 4.78 is 39.4. The fraction of sp³-hybridized carbons (Fsp3) is 0.188. The standard InChI is InChI=1S/C16H16ClFN2O3S/c1-11(16(21)19-10-12-2-4-13(17)5-3-12)20-24(22,23)15-8-6-14(18)7-9-15/h2-9,11,20H,10H2,1H3,(H,19,21). The van der Waals surface area contributed by atoms with Crippen LogP contribution in [-0.4, -0.2) is 20.4 Å². The quantitative estimate of drug-likeness (QED) is 0.820. The van der Waals surface area contributed by atoms with E-state index in [1.165, 1.54) is 6.92 Å². The molecule has 2 rings (SSSR count). The Bertz CT molecular complexity index is 808. The fourth-order valence-electron chi connectivity index (χ4n) is 1.91. The summed E-state index contributed by atoms with van der Waals surface area (Å²) in [6.07, 6.45) is 0. The minimum absolute atomic E-state index is 0.110. The SMILES string of the molecule is CC(NS(=O)(=O)c1ccc(F)cc1)C(=O)NCc1ccc(Cl)cc1. The van der Waals surface area contributed by atoms with Crippen molar-refractivity contribution < 1.29 is 17.6 Å². The molecule has 0 aliphatic heterocycles. The van der Waals surface area contributed by atoms with Gasteiger partial charge in [-0.25, -0.2) is 12.8 Å². The van der Waals surface area contributed by atoms with Crippen LogP contribution < -0.4 is 10.0 Å². The number of amides is 1. The van der Waals surface area contributed by atoms with Gasteiger partial charge in [-0.3, -0.25) is 4.79 Å². The van der Waals surface area contributed by atoms with Gasteiger partial charge >= 0.3 is 0 Å². The van der Waals surface area contributed by atoms with Crippen LogP contribution in [0.2, 0.25) is 5.02 Å². The highest BCUT2D eigenvalue weighted by Gasteiger charge is 2.21. The van der Waals surface area contributed by atoms with Crippen LogP contribution in [0.3, 0.4) is 0 Å². The van der Waals surface area contributed by atoms with Crippen LogP contribution in [0.1, 0.15) is 12.5 Å². The lowest BCUT2D eigenvalue weighted by Gasteiger charge is -2.14. The maximum Gasteiger partial charge on any atom is 0.241 e. The highest BCUT2D eigenvalue weighted by molar-refractivity contribution is 7.89. The molecule has 0 aliphatic carbocycles. The topological polar surface area (TPSA) is 75.3 Å². The van der Waals surface area contributed by atoms with Crippen LogP contribution in [0, 0.1) is 5.82 Å². The molecule has 0 saturated heterocycles. The van der Waals surface area contributed by atoms with E-state index in [-0.39, 0.29) is 11.4 Å². The molecule has 8 heteroatoms. The second kappa shape index (κ2) is 7.74. The van der Waals surface area contributed by atoms with Crippen molar-refractivity contribution in [3.05, 3.63) is 64.9 Å². The minimum Gasteiger partial charge on any atom is -0.351 e. The molecule has 0 spiro atoms. The second-order valence-corrected chi connectivity index (χ2v) is 7.29. The molecule has 0 saturated carbocycles. The van der Waals surface area contributed by atoms with E-state index in [1.54, 1.807) is 24.3 Å². The molecule has 0 aromatic heterocycles. The third-order valence-electron chi connectivity index (χ3n) is 3.23. The van der Waals surface area contributed by atoms with Crippen molar-refractivity contribution in [2.75, 3.05) is 0 Å². The first kappa shape index (κ1) is 18.4. The Labute approximate surface area is 144 Å². The number of carbonyl (C=O) groups excluding carboxylic acids is 1. The number of carbonyl (C=O) groups is 1. The van der Waals surface area contributed by atoms with Crippen LogP contribution in [-0.2, 0) is 21.4 Å². The first-order chi connectivity index (χ1) is 11.3. The summed E-state index contributed by atoms with van der Waals surface area (Å²) in [7, 11) is -3.90. The van der Waals surface area contributed by atoms with Crippen molar-refractivity contribution in [3.63, 3.8) is 0 Å². The zero-order valence-corrected chi connectivity index (χ0v) is 14.4. The monoisotopic (exact) mass is 370 g/mol.